The Morgan fingerprint density at radius 2 is 1.43 bits per heavy atom. The van der Waals surface area contributed by atoms with Crippen molar-refractivity contribution in [2.45, 2.75) is 77.0 Å². The van der Waals surface area contributed by atoms with Gasteiger partial charge < -0.3 is 10.1 Å². The van der Waals surface area contributed by atoms with Crippen LogP contribution >= 0.6 is 0 Å². The second-order valence-electron chi connectivity index (χ2n) is 10.3. The smallest absolute Gasteiger partial charge is 0.325 e. The first kappa shape index (κ1) is 21.3. The monoisotopic (exact) mass is 418 g/mol. The molecule has 0 aromatic heterocycles. The van der Waals surface area contributed by atoms with Crippen molar-refractivity contribution in [2.24, 2.45) is 29.1 Å². The molecule has 7 nitrogen and oxygen atoms in total. The lowest BCUT2D eigenvalue weighted by Crippen LogP contribution is -2.48. The van der Waals surface area contributed by atoms with Crippen LogP contribution < -0.4 is 10.6 Å². The lowest BCUT2D eigenvalue weighted by molar-refractivity contribution is -0.150. The molecule has 7 heteroatoms. The highest BCUT2D eigenvalue weighted by molar-refractivity contribution is 5.97. The standard InChI is InChI=1S/C23H34N2O5/c26-19(12-23-9-15-6-16(10-23)8-17(7-15)11-23)24-13-21(28)30-14-20(27)25-22(29)18-4-2-1-3-5-18/h15-18H,1-14H2,(H,24,26)(H,25,27,29). The molecule has 4 bridgehead atoms. The molecule has 5 aliphatic rings. The Morgan fingerprint density at radius 3 is 2.03 bits per heavy atom. The van der Waals surface area contributed by atoms with Crippen molar-refractivity contribution >= 4 is 23.7 Å². The summed E-state index contributed by atoms with van der Waals surface area (Å²) in [5.41, 5.74) is 0.127. The van der Waals surface area contributed by atoms with Gasteiger partial charge in [-0.05, 0) is 74.5 Å². The number of hydrogen-bond acceptors (Lipinski definition) is 5. The van der Waals surface area contributed by atoms with E-state index in [1.165, 1.54) is 19.3 Å². The van der Waals surface area contributed by atoms with E-state index in [2.05, 4.69) is 10.6 Å². The van der Waals surface area contributed by atoms with Gasteiger partial charge in [0.25, 0.3) is 5.91 Å². The Hall–Kier alpha value is -1.92. The topological polar surface area (TPSA) is 102 Å². The van der Waals surface area contributed by atoms with Crippen molar-refractivity contribution in [3.63, 3.8) is 0 Å². The van der Waals surface area contributed by atoms with E-state index < -0.39 is 18.5 Å². The van der Waals surface area contributed by atoms with E-state index in [-0.39, 0.29) is 29.7 Å². The molecule has 0 spiro atoms. The second-order valence-corrected chi connectivity index (χ2v) is 10.3. The Bertz CT molecular complexity index is 662. The van der Waals surface area contributed by atoms with Crippen LogP contribution in [0.1, 0.15) is 77.0 Å². The number of amides is 3. The summed E-state index contributed by atoms with van der Waals surface area (Å²) < 4.78 is 4.92. The van der Waals surface area contributed by atoms with Gasteiger partial charge in [0.05, 0.1) is 0 Å². The van der Waals surface area contributed by atoms with Crippen LogP contribution in [0.25, 0.3) is 0 Å². The molecule has 0 aromatic carbocycles. The van der Waals surface area contributed by atoms with E-state index in [1.54, 1.807) is 0 Å². The van der Waals surface area contributed by atoms with Crippen molar-refractivity contribution < 1.29 is 23.9 Å². The molecule has 0 atom stereocenters. The van der Waals surface area contributed by atoms with Gasteiger partial charge in [0.1, 0.15) is 6.54 Å². The number of imide groups is 1. The van der Waals surface area contributed by atoms with E-state index >= 15 is 0 Å². The molecule has 5 aliphatic carbocycles. The molecule has 0 saturated heterocycles. The van der Waals surface area contributed by atoms with Gasteiger partial charge >= 0.3 is 5.97 Å². The number of carbonyl (C=O) groups is 4. The van der Waals surface area contributed by atoms with Gasteiger partial charge in [0, 0.05) is 12.3 Å². The maximum absolute atomic E-state index is 12.4. The van der Waals surface area contributed by atoms with Crippen molar-refractivity contribution in [3.05, 3.63) is 0 Å². The molecule has 3 amide bonds. The number of ether oxygens (including phenoxy) is 1. The summed E-state index contributed by atoms with van der Waals surface area (Å²) in [6, 6.07) is 0. The van der Waals surface area contributed by atoms with E-state index in [4.69, 9.17) is 4.74 Å². The zero-order valence-corrected chi connectivity index (χ0v) is 17.8. The number of esters is 1. The predicted octanol–water partition coefficient (Wildman–Crippen LogP) is 2.48. The van der Waals surface area contributed by atoms with Crippen molar-refractivity contribution in [1.29, 1.82) is 0 Å². The fourth-order valence-electron chi connectivity index (χ4n) is 6.92. The van der Waals surface area contributed by atoms with Crippen molar-refractivity contribution in [2.75, 3.05) is 13.2 Å². The summed E-state index contributed by atoms with van der Waals surface area (Å²) >= 11 is 0. The van der Waals surface area contributed by atoms with Gasteiger partial charge in [-0.25, -0.2) is 0 Å². The van der Waals surface area contributed by atoms with E-state index in [0.717, 1.165) is 69.1 Å². The molecule has 0 aliphatic heterocycles. The normalized spacial score (nSPS) is 32.5. The summed E-state index contributed by atoms with van der Waals surface area (Å²) in [4.78, 5) is 48.2. The molecule has 5 saturated carbocycles. The summed E-state index contributed by atoms with van der Waals surface area (Å²) in [5.74, 6) is 0.567. The van der Waals surface area contributed by atoms with Gasteiger partial charge in [0.15, 0.2) is 6.61 Å². The summed E-state index contributed by atoms with van der Waals surface area (Å²) in [5, 5.41) is 4.97. The van der Waals surface area contributed by atoms with Crippen LogP contribution in [0, 0.1) is 29.1 Å². The third-order valence-electron chi connectivity index (χ3n) is 7.73. The lowest BCUT2D eigenvalue weighted by atomic mass is 9.49. The zero-order chi connectivity index (χ0) is 21.1. The fraction of sp³-hybridized carbons (Fsp3) is 0.826. The molecule has 0 aromatic rings. The Kier molecular flexibility index (Phi) is 6.44. The highest BCUT2D eigenvalue weighted by Crippen LogP contribution is 2.61. The van der Waals surface area contributed by atoms with Crippen LogP contribution in [0.4, 0.5) is 0 Å². The first-order valence-electron chi connectivity index (χ1n) is 11.7. The zero-order valence-electron chi connectivity index (χ0n) is 17.8. The first-order chi connectivity index (χ1) is 14.4. The van der Waals surface area contributed by atoms with Crippen LogP contribution in [0.2, 0.25) is 0 Å². The van der Waals surface area contributed by atoms with Gasteiger partial charge in [-0.1, -0.05) is 19.3 Å². The average Bonchev–Trinajstić information content (AvgIpc) is 2.70. The summed E-state index contributed by atoms with van der Waals surface area (Å²) in [6.45, 7) is -0.739. The third-order valence-corrected chi connectivity index (χ3v) is 7.73. The summed E-state index contributed by atoms with van der Waals surface area (Å²) in [6.07, 6.45) is 12.7. The Balaban J connectivity index is 1.13. The van der Waals surface area contributed by atoms with Crippen LogP contribution in [-0.4, -0.2) is 36.8 Å². The highest BCUT2D eigenvalue weighted by atomic mass is 16.5. The average molecular weight is 419 g/mol. The van der Waals surface area contributed by atoms with Gasteiger partial charge in [-0.3, -0.25) is 24.5 Å². The molecule has 2 N–H and O–H groups in total. The minimum Gasteiger partial charge on any atom is -0.454 e. The summed E-state index contributed by atoms with van der Waals surface area (Å²) in [7, 11) is 0. The predicted molar refractivity (Wildman–Crippen MR) is 109 cm³/mol. The van der Waals surface area contributed by atoms with Crippen molar-refractivity contribution in [1.82, 2.24) is 10.6 Å². The molecule has 0 heterocycles. The van der Waals surface area contributed by atoms with E-state index in [9.17, 15) is 19.2 Å². The maximum Gasteiger partial charge on any atom is 0.325 e. The SMILES string of the molecule is O=C(CC12CC3CC(CC(C3)C1)C2)NCC(=O)OCC(=O)NC(=O)C1CCCCC1. The first-order valence-corrected chi connectivity index (χ1v) is 11.7. The van der Waals surface area contributed by atoms with Gasteiger partial charge in [0.2, 0.25) is 11.8 Å². The van der Waals surface area contributed by atoms with Gasteiger partial charge in [-0.2, -0.15) is 0 Å². The van der Waals surface area contributed by atoms with Crippen molar-refractivity contribution in [3.8, 4) is 0 Å². The molecule has 0 radical (unpaired) electrons. The Labute approximate surface area is 178 Å². The molecule has 5 rings (SSSR count). The molecule has 166 valence electrons. The van der Waals surface area contributed by atoms with E-state index in [1.807, 2.05) is 0 Å². The van der Waals surface area contributed by atoms with Gasteiger partial charge in [-0.15, -0.1) is 0 Å². The quantitative estimate of drug-likeness (QED) is 0.619. The third kappa shape index (κ3) is 5.22. The molecular weight excluding hydrogens is 384 g/mol. The highest BCUT2D eigenvalue weighted by Gasteiger charge is 2.51. The largest absolute Gasteiger partial charge is 0.454 e. The maximum atomic E-state index is 12.4. The minimum absolute atomic E-state index is 0.106. The lowest BCUT2D eigenvalue weighted by Gasteiger charge is -2.56. The molecule has 30 heavy (non-hydrogen) atoms. The number of rotatable bonds is 7. The number of carbonyl (C=O) groups excluding carboxylic acids is 4. The molecule has 5 fully saturated rings. The molecule has 0 unspecified atom stereocenters. The van der Waals surface area contributed by atoms with Crippen LogP contribution in [0.3, 0.4) is 0 Å². The fourth-order valence-corrected chi connectivity index (χ4v) is 6.92. The van der Waals surface area contributed by atoms with Crippen LogP contribution in [0.15, 0.2) is 0 Å². The second kappa shape index (κ2) is 9.06. The van der Waals surface area contributed by atoms with Crippen LogP contribution in [-0.2, 0) is 23.9 Å². The number of hydrogen-bond donors (Lipinski definition) is 2. The minimum atomic E-state index is -0.658. The number of nitrogens with one attached hydrogen (secondary N) is 2. The Morgan fingerprint density at radius 1 is 0.833 bits per heavy atom. The van der Waals surface area contributed by atoms with E-state index in [0.29, 0.717) is 6.42 Å². The molecular formula is C23H34N2O5. The van der Waals surface area contributed by atoms with Crippen LogP contribution in [0.5, 0.6) is 0 Å².